The molecule has 0 aliphatic rings. The molecule has 1 heterocycles. The van der Waals surface area contributed by atoms with Crippen molar-refractivity contribution in [3.63, 3.8) is 0 Å². The average molecular weight is 444 g/mol. The fourth-order valence-corrected chi connectivity index (χ4v) is 2.71. The molecular formula is C20H18ClN5O3S. The predicted octanol–water partition coefficient (Wildman–Crippen LogP) is 3.24. The van der Waals surface area contributed by atoms with Gasteiger partial charge in [-0.2, -0.15) is 14.9 Å². The Balaban J connectivity index is 1.90. The van der Waals surface area contributed by atoms with Crippen molar-refractivity contribution in [1.82, 2.24) is 15.2 Å². The van der Waals surface area contributed by atoms with E-state index in [4.69, 9.17) is 39.0 Å². The molecular weight excluding hydrogens is 426 g/mol. The fourth-order valence-electron chi connectivity index (χ4n) is 2.49. The normalized spacial score (nSPS) is 10.7. The average Bonchev–Trinajstić information content (AvgIpc) is 2.74. The van der Waals surface area contributed by atoms with Gasteiger partial charge in [0.2, 0.25) is 0 Å². The first kappa shape index (κ1) is 21.3. The van der Waals surface area contributed by atoms with Crippen LogP contribution in [0.1, 0.15) is 12.5 Å². The fraction of sp³-hybridized carbons (Fsp3) is 0.100. The third-order valence-corrected chi connectivity index (χ3v) is 4.20. The Morgan fingerprint density at radius 3 is 2.73 bits per heavy atom. The molecule has 0 amide bonds. The van der Waals surface area contributed by atoms with Gasteiger partial charge in [-0.3, -0.25) is 10.2 Å². The molecule has 0 atom stereocenters. The minimum Gasteiger partial charge on any atom is -0.490 e. The summed E-state index contributed by atoms with van der Waals surface area (Å²) in [7, 11) is 0. The van der Waals surface area contributed by atoms with Crippen LogP contribution < -0.4 is 26.2 Å². The Kier molecular flexibility index (Phi) is 6.99. The summed E-state index contributed by atoms with van der Waals surface area (Å²) in [6, 6.07) is 14.1. The zero-order valence-electron chi connectivity index (χ0n) is 15.9. The molecule has 30 heavy (non-hydrogen) atoms. The van der Waals surface area contributed by atoms with Crippen LogP contribution in [-0.4, -0.2) is 27.7 Å². The molecule has 3 rings (SSSR count). The van der Waals surface area contributed by atoms with E-state index in [1.54, 1.807) is 42.5 Å². The number of rotatable bonds is 7. The Morgan fingerprint density at radius 1 is 1.27 bits per heavy atom. The highest BCUT2D eigenvalue weighted by atomic mass is 35.5. The van der Waals surface area contributed by atoms with Crippen LogP contribution >= 0.6 is 23.8 Å². The number of hydrazone groups is 1. The Hall–Kier alpha value is -3.43. The van der Waals surface area contributed by atoms with E-state index in [2.05, 4.69) is 15.6 Å². The van der Waals surface area contributed by atoms with Crippen LogP contribution in [0.15, 0.2) is 64.6 Å². The van der Waals surface area contributed by atoms with Gasteiger partial charge in [-0.25, -0.2) is 0 Å². The standard InChI is InChI=1S/C20H18ClN5O3S/c1-2-28-16-10-13(11-23-25-20(22)30)8-9-15(16)29-17-12-24-26(19(27)18(17)21)14-6-4-3-5-7-14/h3-12H,2H2,1H3,(H3,22,25,30)/b23-11-. The van der Waals surface area contributed by atoms with Crippen LogP contribution in [0, 0.1) is 0 Å². The van der Waals surface area contributed by atoms with E-state index >= 15 is 0 Å². The summed E-state index contributed by atoms with van der Waals surface area (Å²) in [5, 5.41) is 8.03. The molecule has 0 spiro atoms. The number of thiocarbonyl (C=S) groups is 1. The van der Waals surface area contributed by atoms with Crippen LogP contribution in [0.2, 0.25) is 5.02 Å². The molecule has 0 fully saturated rings. The van der Waals surface area contributed by atoms with E-state index in [-0.39, 0.29) is 15.9 Å². The molecule has 0 saturated heterocycles. The van der Waals surface area contributed by atoms with Crippen molar-refractivity contribution in [3.05, 3.63) is 75.7 Å². The largest absolute Gasteiger partial charge is 0.490 e. The van der Waals surface area contributed by atoms with Gasteiger partial charge in [-0.05, 0) is 55.0 Å². The second kappa shape index (κ2) is 9.86. The maximum atomic E-state index is 12.6. The topological polar surface area (TPSA) is 104 Å². The molecule has 0 aliphatic carbocycles. The van der Waals surface area contributed by atoms with Gasteiger partial charge in [0, 0.05) is 0 Å². The van der Waals surface area contributed by atoms with E-state index in [0.717, 1.165) is 5.56 Å². The maximum Gasteiger partial charge on any atom is 0.294 e. The van der Waals surface area contributed by atoms with Crippen LogP contribution in [0.4, 0.5) is 0 Å². The van der Waals surface area contributed by atoms with Crippen LogP contribution in [0.25, 0.3) is 5.69 Å². The number of aromatic nitrogens is 2. The van der Waals surface area contributed by atoms with Gasteiger partial charge in [0.1, 0.15) is 0 Å². The molecule has 0 aliphatic heterocycles. The van der Waals surface area contributed by atoms with Gasteiger partial charge in [0.15, 0.2) is 27.4 Å². The Bertz CT molecular complexity index is 1140. The van der Waals surface area contributed by atoms with E-state index in [1.807, 2.05) is 13.0 Å². The minimum atomic E-state index is -0.495. The van der Waals surface area contributed by atoms with E-state index in [1.165, 1.54) is 17.1 Å². The summed E-state index contributed by atoms with van der Waals surface area (Å²) in [4.78, 5) is 12.6. The van der Waals surface area contributed by atoms with Gasteiger partial charge in [0.25, 0.3) is 5.56 Å². The number of nitrogens with zero attached hydrogens (tertiary/aromatic N) is 3. The second-order valence-corrected chi connectivity index (χ2v) is 6.67. The molecule has 3 aromatic rings. The van der Waals surface area contributed by atoms with Crippen molar-refractivity contribution in [2.24, 2.45) is 10.8 Å². The molecule has 154 valence electrons. The third kappa shape index (κ3) is 5.13. The van der Waals surface area contributed by atoms with E-state index in [9.17, 15) is 4.79 Å². The van der Waals surface area contributed by atoms with Crippen molar-refractivity contribution in [2.75, 3.05) is 6.61 Å². The quantitative estimate of drug-likeness (QED) is 0.328. The van der Waals surface area contributed by atoms with Crippen LogP contribution in [-0.2, 0) is 0 Å². The van der Waals surface area contributed by atoms with E-state index < -0.39 is 5.56 Å². The Morgan fingerprint density at radius 2 is 2.03 bits per heavy atom. The number of hydrogen-bond donors (Lipinski definition) is 2. The minimum absolute atomic E-state index is 0.0589. The molecule has 3 N–H and O–H groups in total. The zero-order chi connectivity index (χ0) is 21.5. The summed E-state index contributed by atoms with van der Waals surface area (Å²) in [6.45, 7) is 2.25. The second-order valence-electron chi connectivity index (χ2n) is 5.85. The number of nitrogens with two attached hydrogens (primary N) is 1. The molecule has 0 unspecified atom stereocenters. The molecule has 0 bridgehead atoms. The summed E-state index contributed by atoms with van der Waals surface area (Å²) in [5.74, 6) is 0.934. The number of nitrogens with one attached hydrogen (secondary N) is 1. The Labute approximate surface area is 182 Å². The first-order chi connectivity index (χ1) is 14.5. The summed E-state index contributed by atoms with van der Waals surface area (Å²) in [5.41, 5.74) is 8.63. The first-order valence-corrected chi connectivity index (χ1v) is 9.64. The monoisotopic (exact) mass is 443 g/mol. The number of hydrogen-bond acceptors (Lipinski definition) is 6. The molecule has 0 saturated carbocycles. The third-order valence-electron chi connectivity index (χ3n) is 3.76. The summed E-state index contributed by atoms with van der Waals surface area (Å²) < 4.78 is 12.7. The lowest BCUT2D eigenvalue weighted by molar-refractivity contribution is 0.321. The van der Waals surface area contributed by atoms with Crippen LogP contribution in [0.5, 0.6) is 17.2 Å². The first-order valence-electron chi connectivity index (χ1n) is 8.86. The summed E-state index contributed by atoms with van der Waals surface area (Å²) >= 11 is 11.0. The van der Waals surface area contributed by atoms with Crippen molar-refractivity contribution < 1.29 is 9.47 Å². The highest BCUT2D eigenvalue weighted by molar-refractivity contribution is 7.80. The van der Waals surface area contributed by atoms with Gasteiger partial charge in [0.05, 0.1) is 24.7 Å². The van der Waals surface area contributed by atoms with Gasteiger partial charge in [-0.1, -0.05) is 29.8 Å². The van der Waals surface area contributed by atoms with Gasteiger partial charge < -0.3 is 15.2 Å². The number of halogens is 1. The molecule has 1 aromatic heterocycles. The lowest BCUT2D eigenvalue weighted by Gasteiger charge is -2.13. The highest BCUT2D eigenvalue weighted by Crippen LogP contribution is 2.34. The maximum absolute atomic E-state index is 12.6. The highest BCUT2D eigenvalue weighted by Gasteiger charge is 2.15. The molecule has 0 radical (unpaired) electrons. The van der Waals surface area contributed by atoms with Crippen LogP contribution in [0.3, 0.4) is 0 Å². The SMILES string of the molecule is CCOc1cc(/C=N\NC(N)=S)ccc1Oc1cnn(-c2ccccc2)c(=O)c1Cl. The number of ether oxygens (including phenoxy) is 2. The van der Waals surface area contributed by atoms with Crippen molar-refractivity contribution in [1.29, 1.82) is 0 Å². The molecule has 8 nitrogen and oxygen atoms in total. The number of para-hydroxylation sites is 1. The lowest BCUT2D eigenvalue weighted by atomic mass is 10.2. The lowest BCUT2D eigenvalue weighted by Crippen LogP contribution is -2.23. The predicted molar refractivity (Wildman–Crippen MR) is 120 cm³/mol. The van der Waals surface area contributed by atoms with Crippen molar-refractivity contribution in [2.45, 2.75) is 6.92 Å². The van der Waals surface area contributed by atoms with Crippen molar-refractivity contribution >= 4 is 35.1 Å². The van der Waals surface area contributed by atoms with Gasteiger partial charge >= 0.3 is 0 Å². The molecule has 2 aromatic carbocycles. The summed E-state index contributed by atoms with van der Waals surface area (Å²) in [6.07, 6.45) is 2.91. The van der Waals surface area contributed by atoms with E-state index in [0.29, 0.717) is 23.8 Å². The smallest absolute Gasteiger partial charge is 0.294 e. The van der Waals surface area contributed by atoms with Gasteiger partial charge in [-0.15, -0.1) is 0 Å². The number of benzene rings is 2. The zero-order valence-corrected chi connectivity index (χ0v) is 17.5. The molecule has 10 heteroatoms. The van der Waals surface area contributed by atoms with Crippen molar-refractivity contribution in [3.8, 4) is 22.9 Å².